The molecule has 6 nitrogen and oxygen atoms in total. The van der Waals surface area contributed by atoms with E-state index in [0.29, 0.717) is 10.0 Å². The van der Waals surface area contributed by atoms with E-state index in [1.165, 1.54) is 23.3 Å². The van der Waals surface area contributed by atoms with Crippen molar-refractivity contribution >= 4 is 46.1 Å². The number of rotatable bonds is 6. The molecular formula is C13H12Cl2N4O2S. The van der Waals surface area contributed by atoms with E-state index in [0.717, 1.165) is 5.56 Å². The molecule has 1 atom stereocenters. The van der Waals surface area contributed by atoms with Crippen molar-refractivity contribution in [3.8, 4) is 0 Å². The van der Waals surface area contributed by atoms with Gasteiger partial charge in [0.15, 0.2) is 0 Å². The summed E-state index contributed by atoms with van der Waals surface area (Å²) < 4.78 is 13.2. The molecule has 0 aliphatic rings. The highest BCUT2D eigenvalue weighted by molar-refractivity contribution is 7.84. The molecule has 1 N–H and O–H groups in total. The summed E-state index contributed by atoms with van der Waals surface area (Å²) in [5, 5.41) is 8.75. The molecule has 0 bridgehead atoms. The minimum Gasteiger partial charge on any atom is -0.272 e. The predicted octanol–water partition coefficient (Wildman–Crippen LogP) is 2.05. The number of nitrogens with zero attached hydrogens (tertiary/aromatic N) is 3. The van der Waals surface area contributed by atoms with Crippen molar-refractivity contribution in [2.24, 2.45) is 5.10 Å². The van der Waals surface area contributed by atoms with E-state index in [2.05, 4.69) is 15.6 Å². The third kappa shape index (κ3) is 5.59. The number of hydrogen-bond acceptors (Lipinski definition) is 4. The minimum atomic E-state index is -1.40. The molecule has 0 fully saturated rings. The van der Waals surface area contributed by atoms with E-state index in [1.807, 2.05) is 0 Å². The molecule has 1 heterocycles. The fourth-order valence-corrected chi connectivity index (χ4v) is 2.68. The maximum Gasteiger partial charge on any atom is 0.252 e. The van der Waals surface area contributed by atoms with Crippen molar-refractivity contribution in [3.63, 3.8) is 0 Å². The number of hydrogen-bond donors (Lipinski definition) is 1. The average molecular weight is 359 g/mol. The second-order valence-electron chi connectivity index (χ2n) is 4.26. The number of hydrazone groups is 1. The summed E-state index contributed by atoms with van der Waals surface area (Å²) >= 11 is 11.5. The van der Waals surface area contributed by atoms with Gasteiger partial charge in [0.1, 0.15) is 11.6 Å². The van der Waals surface area contributed by atoms with Crippen LogP contribution in [0.15, 0.2) is 41.8 Å². The van der Waals surface area contributed by atoms with Gasteiger partial charge in [0, 0.05) is 11.2 Å². The van der Waals surface area contributed by atoms with Crippen molar-refractivity contribution < 1.29 is 9.00 Å². The van der Waals surface area contributed by atoms with Gasteiger partial charge in [0.05, 0.1) is 28.2 Å². The standard InChI is InChI=1S/C13H12Cl2N4O2S/c14-11-3-1-10(2-4-11)5-16-18-13(20)8-22(21)9-19-7-12(15)6-17-19/h1-7H,8-9H2,(H,18,20)/b16-5-/t22-/m0/s1. The third-order valence-corrected chi connectivity index (χ3v) is 4.03. The minimum absolute atomic E-state index is 0.0983. The van der Waals surface area contributed by atoms with E-state index in [1.54, 1.807) is 24.3 Å². The lowest BCUT2D eigenvalue weighted by Gasteiger charge is -2.01. The van der Waals surface area contributed by atoms with E-state index in [-0.39, 0.29) is 11.6 Å². The van der Waals surface area contributed by atoms with Crippen molar-refractivity contribution in [2.45, 2.75) is 5.88 Å². The molecule has 2 aromatic rings. The molecule has 0 aliphatic heterocycles. The summed E-state index contributed by atoms with van der Waals surface area (Å²) in [6.45, 7) is 0. The highest BCUT2D eigenvalue weighted by Gasteiger charge is 2.08. The molecular weight excluding hydrogens is 347 g/mol. The maximum absolute atomic E-state index is 11.8. The smallest absolute Gasteiger partial charge is 0.252 e. The van der Waals surface area contributed by atoms with Gasteiger partial charge in [0.25, 0.3) is 5.91 Å². The first-order chi connectivity index (χ1) is 10.5. The Hall–Kier alpha value is -1.70. The number of aromatic nitrogens is 2. The molecule has 1 amide bonds. The first-order valence-corrected chi connectivity index (χ1v) is 8.38. The fourth-order valence-electron chi connectivity index (χ4n) is 1.51. The van der Waals surface area contributed by atoms with Crippen LogP contribution >= 0.6 is 23.2 Å². The van der Waals surface area contributed by atoms with E-state index < -0.39 is 16.7 Å². The molecule has 0 radical (unpaired) electrons. The Morgan fingerprint density at radius 1 is 1.32 bits per heavy atom. The summed E-state index contributed by atoms with van der Waals surface area (Å²) in [6, 6.07) is 6.96. The third-order valence-electron chi connectivity index (χ3n) is 2.44. The van der Waals surface area contributed by atoms with Crippen molar-refractivity contribution in [1.29, 1.82) is 0 Å². The van der Waals surface area contributed by atoms with Crippen LogP contribution in [0.3, 0.4) is 0 Å². The van der Waals surface area contributed by atoms with Crippen molar-refractivity contribution in [3.05, 3.63) is 52.3 Å². The summed E-state index contributed by atoms with van der Waals surface area (Å²) in [5.41, 5.74) is 3.11. The molecule has 9 heteroatoms. The Balaban J connectivity index is 1.77. The molecule has 1 aromatic carbocycles. The summed E-state index contributed by atoms with van der Waals surface area (Å²) in [7, 11) is -1.40. The normalized spacial score (nSPS) is 12.5. The number of halogens is 2. The zero-order chi connectivity index (χ0) is 15.9. The lowest BCUT2D eigenvalue weighted by Crippen LogP contribution is -2.25. The number of amides is 1. The quantitative estimate of drug-likeness (QED) is 0.634. The van der Waals surface area contributed by atoms with Gasteiger partial charge in [-0.3, -0.25) is 13.7 Å². The van der Waals surface area contributed by atoms with Crippen LogP contribution in [0.1, 0.15) is 5.56 Å². The Morgan fingerprint density at radius 3 is 2.68 bits per heavy atom. The highest BCUT2D eigenvalue weighted by Crippen LogP contribution is 2.07. The molecule has 22 heavy (non-hydrogen) atoms. The number of nitrogens with one attached hydrogen (secondary N) is 1. The van der Waals surface area contributed by atoms with Crippen LogP contribution in [0.2, 0.25) is 10.0 Å². The highest BCUT2D eigenvalue weighted by atomic mass is 35.5. The zero-order valence-corrected chi connectivity index (χ0v) is 13.6. The monoisotopic (exact) mass is 358 g/mol. The van der Waals surface area contributed by atoms with Gasteiger partial charge >= 0.3 is 0 Å². The number of carbonyl (C=O) groups excluding carboxylic acids is 1. The second-order valence-corrected chi connectivity index (χ2v) is 6.56. The molecule has 0 aliphatic carbocycles. The van der Waals surface area contributed by atoms with Crippen LogP contribution in [0.25, 0.3) is 0 Å². The molecule has 0 saturated carbocycles. The summed E-state index contributed by atoms with van der Waals surface area (Å²) in [5.74, 6) is -0.516. The molecule has 2 rings (SSSR count). The second kappa shape index (κ2) is 8.07. The predicted molar refractivity (Wildman–Crippen MR) is 87.4 cm³/mol. The van der Waals surface area contributed by atoms with Crippen molar-refractivity contribution in [1.82, 2.24) is 15.2 Å². The van der Waals surface area contributed by atoms with Gasteiger partial charge in [-0.2, -0.15) is 10.2 Å². The fraction of sp³-hybridized carbons (Fsp3) is 0.154. The van der Waals surface area contributed by atoms with Crippen LogP contribution in [0.5, 0.6) is 0 Å². The van der Waals surface area contributed by atoms with Crippen molar-refractivity contribution in [2.75, 3.05) is 5.75 Å². The van der Waals surface area contributed by atoms with Crippen LogP contribution in [0, 0.1) is 0 Å². The molecule has 1 aromatic heterocycles. The zero-order valence-electron chi connectivity index (χ0n) is 11.3. The van der Waals surface area contributed by atoms with Gasteiger partial charge in [0.2, 0.25) is 0 Å². The van der Waals surface area contributed by atoms with Crippen LogP contribution in [0.4, 0.5) is 0 Å². The summed E-state index contributed by atoms with van der Waals surface area (Å²) in [4.78, 5) is 11.6. The van der Waals surface area contributed by atoms with Gasteiger partial charge in [-0.15, -0.1) is 0 Å². The van der Waals surface area contributed by atoms with Gasteiger partial charge in [-0.25, -0.2) is 5.43 Å². The maximum atomic E-state index is 11.8. The van der Waals surface area contributed by atoms with Gasteiger partial charge < -0.3 is 0 Å². The Bertz CT molecular complexity index is 700. The molecule has 0 unspecified atom stereocenters. The molecule has 116 valence electrons. The Labute approximate surface area is 139 Å². The average Bonchev–Trinajstić information content (AvgIpc) is 2.86. The number of benzene rings is 1. The van der Waals surface area contributed by atoms with Crippen LogP contribution in [-0.4, -0.2) is 31.9 Å². The Kier molecular flexibility index (Phi) is 6.11. The van der Waals surface area contributed by atoms with Crippen LogP contribution < -0.4 is 5.43 Å². The van der Waals surface area contributed by atoms with Gasteiger partial charge in [-0.1, -0.05) is 35.3 Å². The summed E-state index contributed by atoms with van der Waals surface area (Å²) in [6.07, 6.45) is 4.45. The lowest BCUT2D eigenvalue weighted by atomic mass is 10.2. The van der Waals surface area contributed by atoms with E-state index in [4.69, 9.17) is 23.2 Å². The first-order valence-electron chi connectivity index (χ1n) is 6.13. The van der Waals surface area contributed by atoms with E-state index >= 15 is 0 Å². The number of carbonyl (C=O) groups is 1. The topological polar surface area (TPSA) is 76.3 Å². The SMILES string of the molecule is O=C(C[S@](=O)Cn1cc(Cl)cn1)N/N=C\c1ccc(Cl)cc1. The van der Waals surface area contributed by atoms with Gasteiger partial charge in [-0.05, 0) is 17.7 Å². The Morgan fingerprint density at radius 2 is 2.05 bits per heavy atom. The largest absolute Gasteiger partial charge is 0.272 e. The first kappa shape index (κ1) is 16.7. The molecule has 0 saturated heterocycles. The molecule has 0 spiro atoms. The lowest BCUT2D eigenvalue weighted by molar-refractivity contribution is -0.118. The van der Waals surface area contributed by atoms with E-state index in [9.17, 15) is 9.00 Å². The van der Waals surface area contributed by atoms with Crippen LogP contribution in [-0.2, 0) is 21.5 Å².